The summed E-state index contributed by atoms with van der Waals surface area (Å²) >= 11 is 1.39. The maximum atomic E-state index is 8.83. The van der Waals surface area contributed by atoms with Crippen LogP contribution in [-0.4, -0.2) is 10.1 Å². The number of hydrogen-bond acceptors (Lipinski definition) is 5. The van der Waals surface area contributed by atoms with Crippen molar-refractivity contribution in [3.05, 3.63) is 22.8 Å². The van der Waals surface area contributed by atoms with E-state index in [1.54, 1.807) is 6.07 Å². The van der Waals surface area contributed by atoms with Crippen molar-refractivity contribution in [2.75, 3.05) is 0 Å². The van der Waals surface area contributed by atoms with Gasteiger partial charge in [-0.3, -0.25) is 0 Å². The molecule has 1 fully saturated rings. The highest BCUT2D eigenvalue weighted by Gasteiger charge is 2.28. The molecule has 3 rings (SSSR count). The maximum absolute atomic E-state index is 8.83. The first kappa shape index (κ1) is 12.4. The predicted molar refractivity (Wildman–Crippen MR) is 72.7 cm³/mol. The van der Waals surface area contributed by atoms with E-state index >= 15 is 0 Å². The first-order valence-electron chi connectivity index (χ1n) is 6.64. The van der Waals surface area contributed by atoms with E-state index < -0.39 is 0 Å². The molecule has 0 radical (unpaired) electrons. The minimum Gasteiger partial charge on any atom is -0.333 e. The van der Waals surface area contributed by atoms with Crippen molar-refractivity contribution in [1.82, 2.24) is 10.1 Å². The van der Waals surface area contributed by atoms with E-state index in [2.05, 4.69) is 23.1 Å². The molecule has 0 bridgehead atoms. The lowest BCUT2D eigenvalue weighted by Gasteiger charge is -2.04. The SMILES string of the molecule is CCC1CCC(c2noc(-c3ccc(C#N)s3)n2)C1. The maximum Gasteiger partial charge on any atom is 0.268 e. The van der Waals surface area contributed by atoms with Crippen LogP contribution >= 0.6 is 11.3 Å². The van der Waals surface area contributed by atoms with E-state index in [1.165, 1.54) is 30.6 Å². The van der Waals surface area contributed by atoms with Crippen molar-refractivity contribution in [1.29, 1.82) is 5.26 Å². The third kappa shape index (κ3) is 2.41. The highest BCUT2D eigenvalue weighted by molar-refractivity contribution is 7.15. The second-order valence-corrected chi connectivity index (χ2v) is 6.10. The van der Waals surface area contributed by atoms with Gasteiger partial charge in [0.25, 0.3) is 5.89 Å². The summed E-state index contributed by atoms with van der Waals surface area (Å²) in [6.45, 7) is 2.24. The molecule has 2 aromatic heterocycles. The van der Waals surface area contributed by atoms with Crippen LogP contribution in [0.3, 0.4) is 0 Å². The molecule has 98 valence electrons. The van der Waals surface area contributed by atoms with E-state index in [1.807, 2.05) is 6.07 Å². The fourth-order valence-corrected chi connectivity index (χ4v) is 3.42. The Morgan fingerprint density at radius 3 is 3.05 bits per heavy atom. The van der Waals surface area contributed by atoms with Gasteiger partial charge >= 0.3 is 0 Å². The van der Waals surface area contributed by atoms with Crippen LogP contribution in [0, 0.1) is 17.2 Å². The summed E-state index contributed by atoms with van der Waals surface area (Å²) in [5.74, 6) is 2.62. The molecule has 5 heteroatoms. The van der Waals surface area contributed by atoms with Crippen molar-refractivity contribution in [2.45, 2.75) is 38.5 Å². The van der Waals surface area contributed by atoms with E-state index in [-0.39, 0.29) is 0 Å². The molecule has 4 nitrogen and oxygen atoms in total. The van der Waals surface area contributed by atoms with Gasteiger partial charge in [-0.2, -0.15) is 10.2 Å². The lowest BCUT2D eigenvalue weighted by atomic mass is 10.0. The zero-order valence-electron chi connectivity index (χ0n) is 10.8. The summed E-state index contributed by atoms with van der Waals surface area (Å²) in [5.41, 5.74) is 0. The van der Waals surface area contributed by atoms with Crippen molar-refractivity contribution < 1.29 is 4.52 Å². The second-order valence-electron chi connectivity index (χ2n) is 5.02. The topological polar surface area (TPSA) is 62.7 Å². The number of nitrogens with zero attached hydrogens (tertiary/aromatic N) is 3. The number of aromatic nitrogens is 2. The molecular weight excluding hydrogens is 258 g/mol. The van der Waals surface area contributed by atoms with Gasteiger partial charge in [0.2, 0.25) is 0 Å². The van der Waals surface area contributed by atoms with Crippen LogP contribution in [0.25, 0.3) is 10.8 Å². The Hall–Kier alpha value is -1.67. The molecule has 0 spiro atoms. The quantitative estimate of drug-likeness (QED) is 0.849. The van der Waals surface area contributed by atoms with E-state index in [0.717, 1.165) is 23.0 Å². The van der Waals surface area contributed by atoms with Crippen LogP contribution in [0.2, 0.25) is 0 Å². The molecule has 0 saturated heterocycles. The van der Waals surface area contributed by atoms with Gasteiger partial charge in [-0.15, -0.1) is 11.3 Å². The van der Waals surface area contributed by atoms with Crippen LogP contribution in [0.5, 0.6) is 0 Å². The molecule has 1 saturated carbocycles. The fourth-order valence-electron chi connectivity index (χ4n) is 2.69. The summed E-state index contributed by atoms with van der Waals surface area (Å²) in [5, 5.41) is 12.9. The number of nitriles is 1. The Bertz CT molecular complexity index is 610. The molecule has 0 N–H and O–H groups in total. The van der Waals surface area contributed by atoms with Crippen LogP contribution in [-0.2, 0) is 0 Å². The predicted octanol–water partition coefficient (Wildman–Crippen LogP) is 3.96. The molecule has 0 aromatic carbocycles. The number of hydrogen-bond donors (Lipinski definition) is 0. The lowest BCUT2D eigenvalue weighted by molar-refractivity contribution is 0.414. The van der Waals surface area contributed by atoms with Crippen LogP contribution in [0.1, 0.15) is 49.2 Å². The summed E-state index contributed by atoms with van der Waals surface area (Å²) in [7, 11) is 0. The molecule has 2 aromatic rings. The Kier molecular flexibility index (Phi) is 3.34. The molecule has 2 heterocycles. The van der Waals surface area contributed by atoms with Gasteiger partial charge in [0.1, 0.15) is 10.9 Å². The lowest BCUT2D eigenvalue weighted by Crippen LogP contribution is -1.97. The molecule has 2 unspecified atom stereocenters. The largest absolute Gasteiger partial charge is 0.333 e. The van der Waals surface area contributed by atoms with Crippen LogP contribution in [0.4, 0.5) is 0 Å². The van der Waals surface area contributed by atoms with Crippen molar-refractivity contribution in [3.8, 4) is 16.8 Å². The van der Waals surface area contributed by atoms with E-state index in [4.69, 9.17) is 9.78 Å². The van der Waals surface area contributed by atoms with Gasteiger partial charge in [0.15, 0.2) is 5.82 Å². The Labute approximate surface area is 116 Å². The molecule has 0 aliphatic heterocycles. The number of rotatable bonds is 3. The minimum absolute atomic E-state index is 0.442. The smallest absolute Gasteiger partial charge is 0.268 e. The van der Waals surface area contributed by atoms with Gasteiger partial charge in [-0.1, -0.05) is 18.5 Å². The Morgan fingerprint density at radius 1 is 1.47 bits per heavy atom. The summed E-state index contributed by atoms with van der Waals surface area (Å²) in [6, 6.07) is 5.77. The van der Waals surface area contributed by atoms with Crippen LogP contribution < -0.4 is 0 Å². The zero-order chi connectivity index (χ0) is 13.2. The third-order valence-corrected chi connectivity index (χ3v) is 4.83. The normalized spacial score (nSPS) is 22.5. The molecule has 1 aliphatic carbocycles. The summed E-state index contributed by atoms with van der Waals surface area (Å²) in [4.78, 5) is 6.05. The average Bonchev–Trinajstić information content (AvgIpc) is 3.16. The minimum atomic E-state index is 0.442. The summed E-state index contributed by atoms with van der Waals surface area (Å²) in [6.07, 6.45) is 4.83. The van der Waals surface area contributed by atoms with Crippen molar-refractivity contribution in [3.63, 3.8) is 0 Å². The van der Waals surface area contributed by atoms with Gasteiger partial charge in [-0.05, 0) is 37.3 Å². The first-order valence-corrected chi connectivity index (χ1v) is 7.45. The van der Waals surface area contributed by atoms with E-state index in [9.17, 15) is 0 Å². The van der Waals surface area contributed by atoms with E-state index in [0.29, 0.717) is 16.7 Å². The zero-order valence-corrected chi connectivity index (χ0v) is 11.6. The second kappa shape index (κ2) is 5.14. The van der Waals surface area contributed by atoms with Gasteiger partial charge in [0.05, 0.1) is 4.88 Å². The third-order valence-electron chi connectivity index (χ3n) is 3.85. The van der Waals surface area contributed by atoms with Crippen molar-refractivity contribution >= 4 is 11.3 Å². The molecule has 2 atom stereocenters. The monoisotopic (exact) mass is 273 g/mol. The fraction of sp³-hybridized carbons (Fsp3) is 0.500. The average molecular weight is 273 g/mol. The number of thiophene rings is 1. The molecule has 0 amide bonds. The Morgan fingerprint density at radius 2 is 2.37 bits per heavy atom. The standard InChI is InChI=1S/C14H15N3OS/c1-2-9-3-4-10(7-9)13-16-14(18-17-13)12-6-5-11(8-15)19-12/h5-6,9-10H,2-4,7H2,1H3. The first-order chi connectivity index (χ1) is 9.30. The highest BCUT2D eigenvalue weighted by Crippen LogP contribution is 2.39. The van der Waals surface area contributed by atoms with Crippen LogP contribution in [0.15, 0.2) is 16.7 Å². The molecule has 1 aliphatic rings. The highest BCUT2D eigenvalue weighted by atomic mass is 32.1. The van der Waals surface area contributed by atoms with Gasteiger partial charge in [-0.25, -0.2) is 0 Å². The molecular formula is C14H15N3OS. The van der Waals surface area contributed by atoms with Crippen molar-refractivity contribution in [2.24, 2.45) is 5.92 Å². The Balaban J connectivity index is 1.78. The molecule has 19 heavy (non-hydrogen) atoms. The van der Waals surface area contributed by atoms with Gasteiger partial charge in [0, 0.05) is 5.92 Å². The van der Waals surface area contributed by atoms with Gasteiger partial charge < -0.3 is 4.52 Å². The summed E-state index contributed by atoms with van der Waals surface area (Å²) < 4.78 is 5.33.